The van der Waals surface area contributed by atoms with Gasteiger partial charge in [-0.25, -0.2) is 0 Å². The molecule has 2 aliphatic rings. The molecule has 0 spiro atoms. The monoisotopic (exact) mass is 347 g/mol. The van der Waals surface area contributed by atoms with Crippen molar-refractivity contribution in [2.75, 3.05) is 0 Å². The number of nitrogens with two attached hydrogens (primary N) is 1. The third-order valence-corrected chi connectivity index (χ3v) is 4.89. The molecule has 2 N–H and O–H groups in total. The van der Waals surface area contributed by atoms with Crippen LogP contribution >= 0.6 is 0 Å². The fraction of sp³-hybridized carbons (Fsp3) is 1.00. The maximum Gasteiger partial charge on any atom is 0.400 e. The lowest BCUT2D eigenvalue weighted by molar-refractivity contribution is -0.300. The maximum absolute atomic E-state index is 12.3. The molecule has 0 amide bonds. The molecule has 0 bridgehead atoms. The van der Waals surface area contributed by atoms with Crippen molar-refractivity contribution in [2.45, 2.75) is 83.1 Å². The van der Waals surface area contributed by atoms with Crippen LogP contribution in [-0.4, -0.2) is 18.4 Å². The average molecular weight is 347 g/mol. The summed E-state index contributed by atoms with van der Waals surface area (Å²) in [4.78, 5) is 0. The molecule has 0 saturated heterocycles. The van der Waals surface area contributed by atoms with E-state index in [1.807, 2.05) is 0 Å². The molecule has 138 valence electrons. The highest BCUT2D eigenvalue weighted by atomic mass is 19.4. The van der Waals surface area contributed by atoms with Crippen molar-refractivity contribution in [2.24, 2.45) is 23.5 Å². The molecule has 0 heterocycles. The largest absolute Gasteiger partial charge is 0.400 e. The van der Waals surface area contributed by atoms with Crippen LogP contribution in [0.15, 0.2) is 0 Å². The standard InChI is InChI=1S/C9H12F6.C7H15N/c10-8(11,12)7(9(13,14)15)6-4-2-1-3-5-6;1-6-2-4-7(8)5-3-6/h6-7H,1-5H2;6-7H,2-5,8H2,1H3. The minimum atomic E-state index is -5.17. The van der Waals surface area contributed by atoms with E-state index in [9.17, 15) is 26.3 Å². The molecule has 2 aliphatic carbocycles. The number of rotatable bonds is 1. The molecule has 0 atom stereocenters. The molecule has 2 saturated carbocycles. The van der Waals surface area contributed by atoms with E-state index in [-0.39, 0.29) is 12.8 Å². The molecule has 1 nitrogen and oxygen atoms in total. The topological polar surface area (TPSA) is 26.0 Å². The Hall–Kier alpha value is -0.460. The summed E-state index contributed by atoms with van der Waals surface area (Å²) in [5.41, 5.74) is 5.70. The van der Waals surface area contributed by atoms with E-state index in [0.29, 0.717) is 18.9 Å². The molecule has 0 unspecified atom stereocenters. The van der Waals surface area contributed by atoms with Gasteiger partial charge in [-0.05, 0) is 50.4 Å². The van der Waals surface area contributed by atoms with Gasteiger partial charge in [0, 0.05) is 6.04 Å². The van der Waals surface area contributed by atoms with Crippen LogP contribution in [0.2, 0.25) is 0 Å². The summed E-state index contributed by atoms with van der Waals surface area (Å²) in [5, 5.41) is 0. The van der Waals surface area contributed by atoms with E-state index in [4.69, 9.17) is 5.73 Å². The Balaban J connectivity index is 0.000000277. The highest BCUT2D eigenvalue weighted by Gasteiger charge is 2.59. The molecular formula is C16H27F6N. The van der Waals surface area contributed by atoms with Crippen molar-refractivity contribution in [3.05, 3.63) is 0 Å². The number of alkyl halides is 6. The Kier molecular flexibility index (Phi) is 7.68. The van der Waals surface area contributed by atoms with Gasteiger partial charge in [-0.1, -0.05) is 26.2 Å². The van der Waals surface area contributed by atoms with Crippen LogP contribution in [-0.2, 0) is 0 Å². The molecule has 2 rings (SSSR count). The third kappa shape index (κ3) is 7.31. The van der Waals surface area contributed by atoms with Gasteiger partial charge in [-0.2, -0.15) is 26.3 Å². The molecule has 23 heavy (non-hydrogen) atoms. The lowest BCUT2D eigenvalue weighted by Crippen LogP contribution is -2.42. The van der Waals surface area contributed by atoms with Crippen molar-refractivity contribution in [3.63, 3.8) is 0 Å². The highest BCUT2D eigenvalue weighted by Crippen LogP contribution is 2.48. The smallest absolute Gasteiger partial charge is 0.328 e. The number of hydrogen-bond acceptors (Lipinski definition) is 1. The summed E-state index contributed by atoms with van der Waals surface area (Å²) < 4.78 is 73.7. The van der Waals surface area contributed by atoms with Gasteiger partial charge in [-0.3, -0.25) is 0 Å². The summed E-state index contributed by atoms with van der Waals surface area (Å²) in [5.74, 6) is -3.47. The average Bonchev–Trinajstić information content (AvgIpc) is 2.41. The summed E-state index contributed by atoms with van der Waals surface area (Å²) >= 11 is 0. The van der Waals surface area contributed by atoms with E-state index in [2.05, 4.69) is 6.92 Å². The Morgan fingerprint density at radius 3 is 1.52 bits per heavy atom. The maximum atomic E-state index is 12.3. The van der Waals surface area contributed by atoms with Crippen molar-refractivity contribution >= 4 is 0 Å². The molecule has 0 aromatic rings. The highest BCUT2D eigenvalue weighted by molar-refractivity contribution is 4.84. The van der Waals surface area contributed by atoms with Gasteiger partial charge >= 0.3 is 12.4 Å². The first-order chi connectivity index (χ1) is 10.5. The summed E-state index contributed by atoms with van der Waals surface area (Å²) in [6, 6.07) is 0.520. The summed E-state index contributed by atoms with van der Waals surface area (Å²) in [7, 11) is 0. The van der Waals surface area contributed by atoms with E-state index in [1.165, 1.54) is 25.7 Å². The molecule has 0 aromatic carbocycles. The predicted molar refractivity (Wildman–Crippen MR) is 77.8 cm³/mol. The molecule has 0 aliphatic heterocycles. The normalized spacial score (nSPS) is 27.5. The molecular weight excluding hydrogens is 320 g/mol. The quantitative estimate of drug-likeness (QED) is 0.593. The first-order valence-electron chi connectivity index (χ1n) is 8.40. The van der Waals surface area contributed by atoms with E-state index in [0.717, 1.165) is 12.3 Å². The minimum Gasteiger partial charge on any atom is -0.328 e. The number of hydrogen-bond donors (Lipinski definition) is 1. The Morgan fingerprint density at radius 2 is 1.17 bits per heavy atom. The van der Waals surface area contributed by atoms with E-state index >= 15 is 0 Å². The van der Waals surface area contributed by atoms with Crippen LogP contribution in [0.5, 0.6) is 0 Å². The minimum absolute atomic E-state index is 0.0314. The van der Waals surface area contributed by atoms with E-state index in [1.54, 1.807) is 0 Å². The molecule has 2 fully saturated rings. The van der Waals surface area contributed by atoms with Gasteiger partial charge < -0.3 is 5.73 Å². The third-order valence-electron chi connectivity index (χ3n) is 4.89. The Bertz CT molecular complexity index is 300. The van der Waals surface area contributed by atoms with Crippen LogP contribution in [0.4, 0.5) is 26.3 Å². The van der Waals surface area contributed by atoms with Gasteiger partial charge in [0.1, 0.15) is 0 Å². The van der Waals surface area contributed by atoms with Gasteiger partial charge in [0.15, 0.2) is 5.92 Å². The van der Waals surface area contributed by atoms with Crippen LogP contribution in [0.1, 0.15) is 64.7 Å². The molecule has 7 heteroatoms. The first-order valence-corrected chi connectivity index (χ1v) is 8.40. The fourth-order valence-corrected chi connectivity index (χ4v) is 3.47. The lowest BCUT2D eigenvalue weighted by atomic mass is 9.79. The van der Waals surface area contributed by atoms with Crippen molar-refractivity contribution in [3.8, 4) is 0 Å². The Labute approximate surface area is 134 Å². The zero-order chi connectivity index (χ0) is 17.7. The SMILES string of the molecule is CC1CCC(N)CC1.FC(F)(F)C(C1CCCCC1)C(F)(F)F. The van der Waals surface area contributed by atoms with Crippen molar-refractivity contribution in [1.82, 2.24) is 0 Å². The van der Waals surface area contributed by atoms with Gasteiger partial charge in [0.05, 0.1) is 0 Å². The van der Waals surface area contributed by atoms with E-state index < -0.39 is 24.2 Å². The number of halogens is 6. The zero-order valence-corrected chi connectivity index (χ0v) is 13.5. The van der Waals surface area contributed by atoms with Crippen LogP contribution < -0.4 is 5.73 Å². The second-order valence-corrected chi connectivity index (χ2v) is 6.98. The van der Waals surface area contributed by atoms with Gasteiger partial charge in [0.2, 0.25) is 0 Å². The van der Waals surface area contributed by atoms with Crippen molar-refractivity contribution < 1.29 is 26.3 Å². The second kappa shape index (κ2) is 8.58. The summed E-state index contributed by atoms with van der Waals surface area (Å²) in [6.45, 7) is 2.31. The van der Waals surface area contributed by atoms with Gasteiger partial charge in [0.25, 0.3) is 0 Å². The van der Waals surface area contributed by atoms with Crippen LogP contribution in [0, 0.1) is 17.8 Å². The van der Waals surface area contributed by atoms with Crippen molar-refractivity contribution in [1.29, 1.82) is 0 Å². The summed E-state index contributed by atoms with van der Waals surface area (Å²) in [6.07, 6.45) is -3.40. The second-order valence-electron chi connectivity index (χ2n) is 6.98. The predicted octanol–water partition coefficient (Wildman–Crippen LogP) is 5.83. The fourth-order valence-electron chi connectivity index (χ4n) is 3.47. The first kappa shape index (κ1) is 20.6. The van der Waals surface area contributed by atoms with Crippen LogP contribution in [0.25, 0.3) is 0 Å². The van der Waals surface area contributed by atoms with Gasteiger partial charge in [-0.15, -0.1) is 0 Å². The van der Waals surface area contributed by atoms with Crippen LogP contribution in [0.3, 0.4) is 0 Å². The molecule has 0 radical (unpaired) electrons. The zero-order valence-electron chi connectivity index (χ0n) is 13.5. The molecule has 0 aromatic heterocycles. The lowest BCUT2D eigenvalue weighted by Gasteiger charge is -2.32. The Morgan fingerprint density at radius 1 is 0.739 bits per heavy atom.